The molecule has 1 aromatic carbocycles. The monoisotopic (exact) mass is 347 g/mol. The van der Waals surface area contributed by atoms with Gasteiger partial charge in [0, 0.05) is 11.4 Å². The van der Waals surface area contributed by atoms with Gasteiger partial charge in [-0.1, -0.05) is 23.7 Å². The number of fused-ring (bicyclic) bond motifs is 1. The second-order valence-electron chi connectivity index (χ2n) is 6.46. The van der Waals surface area contributed by atoms with Gasteiger partial charge in [0.05, 0.1) is 17.1 Å². The Morgan fingerprint density at radius 1 is 1.29 bits per heavy atom. The fourth-order valence-electron chi connectivity index (χ4n) is 3.22. The fourth-order valence-corrected chi connectivity index (χ4v) is 3.43. The first-order valence-electron chi connectivity index (χ1n) is 8.27. The lowest BCUT2D eigenvalue weighted by Crippen LogP contribution is -2.29. The third-order valence-corrected chi connectivity index (χ3v) is 5.13. The predicted molar refractivity (Wildman–Crippen MR) is 96.4 cm³/mol. The molecule has 0 unspecified atom stereocenters. The molecule has 0 spiro atoms. The number of rotatable bonds is 4. The van der Waals surface area contributed by atoms with Gasteiger partial charge in [-0.05, 0) is 56.2 Å². The van der Waals surface area contributed by atoms with Crippen LogP contribution in [0.25, 0.3) is 10.9 Å². The number of anilines is 1. The normalized spacial score (nSPS) is 20.8. The number of nitrogens with zero attached hydrogens (tertiary/aromatic N) is 1. The van der Waals surface area contributed by atoms with Gasteiger partial charge in [-0.2, -0.15) is 0 Å². The van der Waals surface area contributed by atoms with Gasteiger partial charge in [0.15, 0.2) is 0 Å². The molecule has 3 N–H and O–H groups in total. The highest BCUT2D eigenvalue weighted by Gasteiger charge is 2.22. The number of ether oxygens (including phenoxy) is 1. The molecule has 0 radical (unpaired) electrons. The van der Waals surface area contributed by atoms with Crippen molar-refractivity contribution in [2.75, 3.05) is 11.9 Å². The van der Waals surface area contributed by atoms with Crippen molar-refractivity contribution in [1.82, 2.24) is 4.98 Å². The van der Waals surface area contributed by atoms with E-state index in [2.05, 4.69) is 10.3 Å². The standard InChI is InChI=1S/C18H22ClN3O2/c1-11-2-5-13-6-9-15(22-17(13)16(11)19)21-14-7-3-12(4-8-14)10-24-18(20)23/h2,5-6,9,12,14H,3-4,7-8,10H2,1H3,(H2,20,23)(H,21,22). The van der Waals surface area contributed by atoms with Crippen LogP contribution in [-0.2, 0) is 4.74 Å². The summed E-state index contributed by atoms with van der Waals surface area (Å²) in [7, 11) is 0. The minimum atomic E-state index is -0.692. The van der Waals surface area contributed by atoms with Gasteiger partial charge in [0.25, 0.3) is 0 Å². The molecule has 1 saturated carbocycles. The number of nitrogens with two attached hydrogens (primary N) is 1. The molecule has 1 amide bonds. The van der Waals surface area contributed by atoms with E-state index in [1.165, 1.54) is 0 Å². The Morgan fingerprint density at radius 3 is 2.71 bits per heavy atom. The van der Waals surface area contributed by atoms with Crippen LogP contribution in [0.4, 0.5) is 10.6 Å². The van der Waals surface area contributed by atoms with E-state index in [4.69, 9.17) is 22.1 Å². The van der Waals surface area contributed by atoms with Crippen LogP contribution in [0.2, 0.25) is 5.02 Å². The van der Waals surface area contributed by atoms with Gasteiger partial charge in [-0.15, -0.1) is 0 Å². The number of hydrogen-bond donors (Lipinski definition) is 2. The third-order valence-electron chi connectivity index (χ3n) is 4.65. The van der Waals surface area contributed by atoms with Crippen LogP contribution in [-0.4, -0.2) is 23.7 Å². The molecule has 128 valence electrons. The summed E-state index contributed by atoms with van der Waals surface area (Å²) in [6, 6.07) is 8.47. The number of primary amides is 1. The topological polar surface area (TPSA) is 77.2 Å². The maximum atomic E-state index is 10.7. The van der Waals surface area contributed by atoms with Gasteiger partial charge < -0.3 is 15.8 Å². The Bertz CT molecular complexity index is 742. The molecule has 0 aliphatic heterocycles. The molecule has 2 aromatic rings. The van der Waals surface area contributed by atoms with E-state index in [9.17, 15) is 4.79 Å². The quantitative estimate of drug-likeness (QED) is 0.866. The summed E-state index contributed by atoms with van der Waals surface area (Å²) < 4.78 is 4.90. The average molecular weight is 348 g/mol. The van der Waals surface area contributed by atoms with E-state index >= 15 is 0 Å². The first-order valence-corrected chi connectivity index (χ1v) is 8.65. The van der Waals surface area contributed by atoms with Crippen LogP contribution in [0.15, 0.2) is 24.3 Å². The lowest BCUT2D eigenvalue weighted by molar-refractivity contribution is 0.123. The minimum absolute atomic E-state index is 0.378. The van der Waals surface area contributed by atoms with Gasteiger partial charge in [-0.25, -0.2) is 9.78 Å². The second-order valence-corrected chi connectivity index (χ2v) is 6.83. The van der Waals surface area contributed by atoms with Crippen LogP contribution in [0, 0.1) is 12.8 Å². The molecule has 0 bridgehead atoms. The molecule has 5 nitrogen and oxygen atoms in total. The minimum Gasteiger partial charge on any atom is -0.449 e. The zero-order valence-corrected chi connectivity index (χ0v) is 14.5. The van der Waals surface area contributed by atoms with Gasteiger partial charge in [0.2, 0.25) is 0 Å². The van der Waals surface area contributed by atoms with Crippen LogP contribution in [0.3, 0.4) is 0 Å². The smallest absolute Gasteiger partial charge is 0.404 e. The molecule has 1 fully saturated rings. The Morgan fingerprint density at radius 2 is 2.00 bits per heavy atom. The average Bonchev–Trinajstić information content (AvgIpc) is 2.58. The maximum absolute atomic E-state index is 10.7. The lowest BCUT2D eigenvalue weighted by Gasteiger charge is -2.29. The van der Waals surface area contributed by atoms with Gasteiger partial charge >= 0.3 is 6.09 Å². The van der Waals surface area contributed by atoms with E-state index in [0.29, 0.717) is 23.6 Å². The Kier molecular flexibility index (Phi) is 5.09. The summed E-state index contributed by atoms with van der Waals surface area (Å²) in [5, 5.41) is 5.26. The molecule has 0 atom stereocenters. The van der Waals surface area contributed by atoms with E-state index in [1.54, 1.807) is 0 Å². The number of aromatic nitrogens is 1. The van der Waals surface area contributed by atoms with E-state index in [-0.39, 0.29) is 0 Å². The zero-order valence-electron chi connectivity index (χ0n) is 13.7. The molecular weight excluding hydrogens is 326 g/mol. The molecule has 1 heterocycles. The van der Waals surface area contributed by atoms with Crippen molar-refractivity contribution in [1.29, 1.82) is 0 Å². The van der Waals surface area contributed by atoms with Crippen molar-refractivity contribution in [3.8, 4) is 0 Å². The predicted octanol–water partition coefficient (Wildman–Crippen LogP) is 4.26. The van der Waals surface area contributed by atoms with E-state index in [1.807, 2.05) is 31.2 Å². The number of benzene rings is 1. The number of nitrogens with one attached hydrogen (secondary N) is 1. The van der Waals surface area contributed by atoms with E-state index < -0.39 is 6.09 Å². The fraction of sp³-hybridized carbons (Fsp3) is 0.444. The summed E-state index contributed by atoms with van der Waals surface area (Å²) in [5.74, 6) is 1.25. The van der Waals surface area contributed by atoms with Crippen molar-refractivity contribution in [3.05, 3.63) is 34.9 Å². The molecule has 6 heteroatoms. The molecule has 24 heavy (non-hydrogen) atoms. The largest absolute Gasteiger partial charge is 0.449 e. The summed E-state index contributed by atoms with van der Waals surface area (Å²) in [6.07, 6.45) is 3.38. The molecule has 3 rings (SSSR count). The number of amides is 1. The first kappa shape index (κ1) is 16.8. The molecule has 0 saturated heterocycles. The molecule has 1 aliphatic rings. The van der Waals surface area contributed by atoms with Crippen LogP contribution < -0.4 is 11.1 Å². The van der Waals surface area contributed by atoms with Crippen molar-refractivity contribution in [2.24, 2.45) is 11.7 Å². The van der Waals surface area contributed by atoms with E-state index in [0.717, 1.165) is 48.0 Å². The molecular formula is C18H22ClN3O2. The number of hydrogen-bond acceptors (Lipinski definition) is 4. The highest BCUT2D eigenvalue weighted by atomic mass is 35.5. The third kappa shape index (κ3) is 3.90. The summed E-state index contributed by atoms with van der Waals surface area (Å²) >= 11 is 6.38. The van der Waals surface area contributed by atoms with Crippen LogP contribution >= 0.6 is 11.6 Å². The summed E-state index contributed by atoms with van der Waals surface area (Å²) in [6.45, 7) is 2.41. The van der Waals surface area contributed by atoms with Crippen molar-refractivity contribution >= 4 is 34.4 Å². The highest BCUT2D eigenvalue weighted by Crippen LogP contribution is 2.29. The van der Waals surface area contributed by atoms with Crippen molar-refractivity contribution in [3.63, 3.8) is 0 Å². The number of pyridine rings is 1. The number of carbonyl (C=O) groups excluding carboxylic acids is 1. The Labute approximate surface area is 146 Å². The number of carbonyl (C=O) groups is 1. The number of aryl methyl sites for hydroxylation is 1. The molecule has 1 aromatic heterocycles. The lowest BCUT2D eigenvalue weighted by atomic mass is 9.86. The van der Waals surface area contributed by atoms with Crippen molar-refractivity contribution < 1.29 is 9.53 Å². The van der Waals surface area contributed by atoms with Gasteiger partial charge in [-0.3, -0.25) is 0 Å². The summed E-state index contributed by atoms with van der Waals surface area (Å²) in [5.41, 5.74) is 6.88. The molecule has 1 aliphatic carbocycles. The van der Waals surface area contributed by atoms with Crippen molar-refractivity contribution in [2.45, 2.75) is 38.6 Å². The maximum Gasteiger partial charge on any atom is 0.404 e. The van der Waals surface area contributed by atoms with Crippen LogP contribution in [0.5, 0.6) is 0 Å². The zero-order chi connectivity index (χ0) is 17.1. The Hall–Kier alpha value is -2.01. The number of halogens is 1. The SMILES string of the molecule is Cc1ccc2ccc(NC3CCC(COC(N)=O)CC3)nc2c1Cl. The van der Waals surface area contributed by atoms with Crippen LogP contribution in [0.1, 0.15) is 31.2 Å². The summed E-state index contributed by atoms with van der Waals surface area (Å²) in [4.78, 5) is 15.4. The second kappa shape index (κ2) is 7.26. The highest BCUT2D eigenvalue weighted by molar-refractivity contribution is 6.35. The Balaban J connectivity index is 1.62. The van der Waals surface area contributed by atoms with Gasteiger partial charge in [0.1, 0.15) is 5.82 Å². The first-order chi connectivity index (χ1) is 11.5.